The van der Waals surface area contributed by atoms with Crippen LogP contribution in [0, 0.1) is 0 Å². The number of esters is 1. The van der Waals surface area contributed by atoms with Gasteiger partial charge >= 0.3 is 23.8 Å². The van der Waals surface area contributed by atoms with E-state index in [0.717, 1.165) is 4.90 Å². The van der Waals surface area contributed by atoms with E-state index in [-0.39, 0.29) is 48.8 Å². The summed E-state index contributed by atoms with van der Waals surface area (Å²) in [6, 6.07) is 23.7. The maximum atomic E-state index is 14.7. The van der Waals surface area contributed by atoms with Gasteiger partial charge in [0.15, 0.2) is 6.10 Å². The van der Waals surface area contributed by atoms with Crippen LogP contribution in [0.25, 0.3) is 0 Å². The summed E-state index contributed by atoms with van der Waals surface area (Å²) in [5.41, 5.74) is 0.562. The van der Waals surface area contributed by atoms with Gasteiger partial charge in [0.05, 0.1) is 0 Å². The Balaban J connectivity index is 1.21. The fourth-order valence-electron chi connectivity index (χ4n) is 7.09. The molecule has 320 valence electrons. The fourth-order valence-corrected chi connectivity index (χ4v) is 9.48. The maximum absolute atomic E-state index is 14.7. The monoisotopic (exact) mass is 879 g/mol. The molecular weight excluding hydrogens is 839 g/mol. The first-order valence-electron chi connectivity index (χ1n) is 19.4. The van der Waals surface area contributed by atoms with Crippen molar-refractivity contribution in [3.8, 4) is 0 Å². The number of likely N-dealkylation sites (N-methyl/N-ethyl adjacent to an activating group) is 1. The van der Waals surface area contributed by atoms with Crippen LogP contribution >= 0.6 is 23.5 Å². The molecule has 1 unspecified atom stereocenters. The summed E-state index contributed by atoms with van der Waals surface area (Å²) in [6.45, 7) is 5.53. The number of urea groups is 1. The second-order valence-electron chi connectivity index (χ2n) is 14.3. The van der Waals surface area contributed by atoms with Crippen LogP contribution in [0.5, 0.6) is 0 Å². The lowest BCUT2D eigenvalue weighted by Crippen LogP contribution is -2.85. The van der Waals surface area contributed by atoms with Crippen molar-refractivity contribution in [2.45, 2.75) is 49.1 Å². The van der Waals surface area contributed by atoms with E-state index in [9.17, 15) is 33.6 Å². The van der Waals surface area contributed by atoms with E-state index >= 15 is 0 Å². The number of carbonyl (C=O) groups is 7. The van der Waals surface area contributed by atoms with E-state index in [1.165, 1.54) is 38.1 Å². The summed E-state index contributed by atoms with van der Waals surface area (Å²) in [5, 5.41) is 22.9. The molecule has 0 spiro atoms. The number of piperazine rings is 1. The average Bonchev–Trinajstić information content (AvgIpc) is 3.73. The van der Waals surface area contributed by atoms with Crippen LogP contribution in [0.4, 0.5) is 4.79 Å². The number of imide groups is 1. The first kappa shape index (κ1) is 43.2. The highest BCUT2D eigenvalue weighted by Gasteiger charge is 2.66. The minimum Gasteiger partial charge on any atom is -0.448 e. The van der Waals surface area contributed by atoms with Crippen LogP contribution in [0.3, 0.4) is 0 Å². The molecule has 3 aliphatic rings. The molecule has 19 nitrogen and oxygen atoms in total. The Hall–Kier alpha value is -6.87. The lowest BCUT2D eigenvalue weighted by atomic mass is 9.94. The molecule has 2 fully saturated rings. The zero-order valence-corrected chi connectivity index (χ0v) is 35.3. The molecular formula is C41H41N11O8S2. The summed E-state index contributed by atoms with van der Waals surface area (Å²) in [6.07, 6.45) is -0.627. The molecule has 3 aromatic carbocycles. The first-order valence-corrected chi connectivity index (χ1v) is 21.4. The second-order valence-corrected chi connectivity index (χ2v) is 16.3. The Kier molecular flexibility index (Phi) is 13.1. The quantitative estimate of drug-likeness (QED) is 0.0296. The van der Waals surface area contributed by atoms with Gasteiger partial charge in [-0.05, 0) is 53.5 Å². The topological polar surface area (TPSA) is 230 Å². The number of ether oxygens (including phenoxy) is 1. The van der Waals surface area contributed by atoms with Gasteiger partial charge in [0, 0.05) is 36.9 Å². The molecule has 3 aliphatic heterocycles. The zero-order chi connectivity index (χ0) is 44.0. The van der Waals surface area contributed by atoms with Gasteiger partial charge in [0.2, 0.25) is 23.1 Å². The van der Waals surface area contributed by atoms with Crippen molar-refractivity contribution < 1.29 is 38.3 Å². The molecule has 7 amide bonds. The van der Waals surface area contributed by atoms with E-state index in [1.807, 2.05) is 60.7 Å². The van der Waals surface area contributed by atoms with E-state index in [4.69, 9.17) is 4.74 Å². The van der Waals surface area contributed by atoms with Gasteiger partial charge < -0.3 is 25.6 Å². The number of benzene rings is 3. The predicted octanol–water partition coefficient (Wildman–Crippen LogP) is 2.21. The predicted molar refractivity (Wildman–Crippen MR) is 225 cm³/mol. The third-order valence-electron chi connectivity index (χ3n) is 10.1. The summed E-state index contributed by atoms with van der Waals surface area (Å²) >= 11 is 2.34. The third kappa shape index (κ3) is 8.66. The Bertz CT molecular complexity index is 2390. The molecule has 4 aromatic rings. The highest BCUT2D eigenvalue weighted by Crippen LogP contribution is 2.47. The SMILES string of the molecule is CCN1CCN(C(=O)NC(C(=O)N[C@]2(NC=O)C(=O)N3C(C(=O)OC(c4ccccc4)c4ccccc4)=C(CSc4nnnn4N=C(C)C)CS[C@H]32)c2ccccc2)C(=O)C1=O. The van der Waals surface area contributed by atoms with Crippen molar-refractivity contribution >= 4 is 71.3 Å². The van der Waals surface area contributed by atoms with Crippen molar-refractivity contribution in [1.82, 2.24) is 51.0 Å². The van der Waals surface area contributed by atoms with Crippen LogP contribution in [0.15, 0.2) is 113 Å². The Morgan fingerprint density at radius 3 is 2.16 bits per heavy atom. The van der Waals surface area contributed by atoms with Crippen LogP contribution in [0.1, 0.15) is 49.6 Å². The number of nitrogens with one attached hydrogen (secondary N) is 3. The number of thioether (sulfide) groups is 2. The highest BCUT2D eigenvalue weighted by atomic mass is 32.2. The van der Waals surface area contributed by atoms with Crippen molar-refractivity contribution in [2.75, 3.05) is 31.1 Å². The molecule has 4 heterocycles. The number of fused-ring (bicyclic) bond motifs is 1. The zero-order valence-electron chi connectivity index (χ0n) is 33.7. The molecule has 0 aliphatic carbocycles. The van der Waals surface area contributed by atoms with Gasteiger partial charge in [-0.2, -0.15) is 5.10 Å². The number of β-lactam (4-membered cyclic amide) rings is 1. The Morgan fingerprint density at radius 1 is 0.935 bits per heavy atom. The molecule has 62 heavy (non-hydrogen) atoms. The maximum Gasteiger partial charge on any atom is 0.356 e. The average molecular weight is 880 g/mol. The number of rotatable bonds is 15. The van der Waals surface area contributed by atoms with Crippen molar-refractivity contribution in [1.29, 1.82) is 0 Å². The van der Waals surface area contributed by atoms with E-state index < -0.39 is 58.8 Å². The fraction of sp³-hybridized carbons (Fsp3) is 0.293. The summed E-state index contributed by atoms with van der Waals surface area (Å²) in [5.74, 6) is -4.32. The van der Waals surface area contributed by atoms with Crippen LogP contribution < -0.4 is 16.0 Å². The standard InChI is InChI=1S/C41H41N11O8S2/c1-4-49-20-21-50(35(56)34(49)55)39(59)43-30(26-14-8-5-9-15-26)33(54)44-41(42-24-53)37(58)51-31(29(22-61-38(41)51)23-62-40-45-47-48-52(40)46-25(2)3)36(57)60-32(27-16-10-6-11-17-27)28-18-12-7-13-19-28/h5-19,24,30,32,38H,4,20-23H2,1-3H3,(H,42,53)(H,43,59)(H,44,54)/t30?,38-,41+/m0/s1. The third-order valence-corrected chi connectivity index (χ3v) is 12.5. The molecule has 0 saturated carbocycles. The molecule has 0 bridgehead atoms. The number of amides is 7. The lowest BCUT2D eigenvalue weighted by molar-refractivity contribution is -0.164. The summed E-state index contributed by atoms with van der Waals surface area (Å²) < 4.78 is 6.28. The number of nitrogens with zero attached hydrogens (tertiary/aromatic N) is 8. The van der Waals surface area contributed by atoms with E-state index in [1.54, 1.807) is 51.1 Å². The molecule has 7 rings (SSSR count). The second kappa shape index (κ2) is 18.8. The van der Waals surface area contributed by atoms with E-state index in [0.29, 0.717) is 27.6 Å². The number of aromatic nitrogens is 4. The van der Waals surface area contributed by atoms with Gasteiger partial charge in [-0.1, -0.05) is 108 Å². The normalized spacial score (nSPS) is 19.0. The van der Waals surface area contributed by atoms with Crippen LogP contribution in [-0.2, 0) is 33.5 Å². The van der Waals surface area contributed by atoms with Gasteiger partial charge in [0.1, 0.15) is 17.1 Å². The van der Waals surface area contributed by atoms with Crippen LogP contribution in [0.2, 0.25) is 0 Å². The van der Waals surface area contributed by atoms with E-state index in [2.05, 4.69) is 36.6 Å². The summed E-state index contributed by atoms with van der Waals surface area (Å²) in [4.78, 5) is 99.7. The molecule has 0 radical (unpaired) electrons. The van der Waals surface area contributed by atoms with Crippen molar-refractivity contribution in [3.05, 3.63) is 119 Å². The molecule has 1 aromatic heterocycles. The van der Waals surface area contributed by atoms with Gasteiger partial charge in [-0.25, -0.2) is 9.59 Å². The minimum atomic E-state index is -2.11. The minimum absolute atomic E-state index is 0.0998. The van der Waals surface area contributed by atoms with Gasteiger partial charge in [-0.15, -0.1) is 16.6 Å². The van der Waals surface area contributed by atoms with Crippen molar-refractivity contribution in [3.63, 3.8) is 0 Å². The lowest BCUT2D eigenvalue weighted by Gasteiger charge is -2.56. The number of hydrogen-bond acceptors (Lipinski definition) is 14. The van der Waals surface area contributed by atoms with Gasteiger partial charge in [0.25, 0.3) is 5.91 Å². The molecule has 3 N–H and O–H groups in total. The molecule has 3 atom stereocenters. The highest BCUT2D eigenvalue weighted by molar-refractivity contribution is 8.01. The Morgan fingerprint density at radius 2 is 1.56 bits per heavy atom. The Labute approximate surface area is 363 Å². The smallest absolute Gasteiger partial charge is 0.356 e. The number of hydrogen-bond donors (Lipinski definition) is 3. The van der Waals surface area contributed by atoms with Crippen LogP contribution in [-0.4, -0.2) is 125 Å². The first-order chi connectivity index (χ1) is 30.0. The number of carbonyl (C=O) groups excluding carboxylic acids is 7. The summed E-state index contributed by atoms with van der Waals surface area (Å²) in [7, 11) is 0. The molecule has 21 heteroatoms. The molecule has 2 saturated heterocycles. The van der Waals surface area contributed by atoms with Gasteiger partial charge in [-0.3, -0.25) is 33.8 Å². The number of tetrazole rings is 1. The van der Waals surface area contributed by atoms with Crippen molar-refractivity contribution in [2.24, 2.45) is 5.10 Å². The largest absolute Gasteiger partial charge is 0.448 e.